The van der Waals surface area contributed by atoms with Crippen LogP contribution < -0.4 is 15.8 Å². The molecule has 1 amide bonds. The van der Waals surface area contributed by atoms with Gasteiger partial charge in [0.2, 0.25) is 0 Å². The summed E-state index contributed by atoms with van der Waals surface area (Å²) in [5, 5.41) is 15.0. The van der Waals surface area contributed by atoms with Crippen molar-refractivity contribution in [3.63, 3.8) is 0 Å². The van der Waals surface area contributed by atoms with Crippen molar-refractivity contribution in [2.45, 2.75) is 6.61 Å². The minimum atomic E-state index is -0.295. The molecule has 4 rings (SSSR count). The zero-order chi connectivity index (χ0) is 23.2. The SMILES string of the molecule is Nc1ncc(C(=O)NCCO)c2scc(COc3cccc(/C=C/c4ccc(Cl)cc4)c3)c12. The van der Waals surface area contributed by atoms with Crippen molar-refractivity contribution in [1.82, 2.24) is 10.3 Å². The molecule has 2 aromatic carbocycles. The molecule has 0 spiro atoms. The van der Waals surface area contributed by atoms with Gasteiger partial charge in [0.25, 0.3) is 5.91 Å². The highest BCUT2D eigenvalue weighted by Gasteiger charge is 2.17. The quantitative estimate of drug-likeness (QED) is 0.309. The monoisotopic (exact) mass is 479 g/mol. The molecule has 6 nitrogen and oxygen atoms in total. The first-order valence-electron chi connectivity index (χ1n) is 10.3. The molecule has 0 bridgehead atoms. The van der Waals surface area contributed by atoms with Crippen molar-refractivity contribution >= 4 is 56.9 Å². The standard InChI is InChI=1S/C25H22ClN3O3S/c26-19-8-6-16(7-9-19)4-5-17-2-1-3-20(12-17)32-14-18-15-33-23-21(25(31)28-10-11-30)13-29-24(27)22(18)23/h1-9,12-13,15,30H,10-11,14H2,(H2,27,29)(H,28,31)/b5-4+. The van der Waals surface area contributed by atoms with Gasteiger partial charge in [0, 0.05) is 28.7 Å². The number of aliphatic hydroxyl groups is 1. The van der Waals surface area contributed by atoms with Gasteiger partial charge in [-0.1, -0.05) is 48.0 Å². The van der Waals surface area contributed by atoms with E-state index >= 15 is 0 Å². The molecule has 4 aromatic rings. The second kappa shape index (κ2) is 10.5. The Labute approximate surface area is 200 Å². The fourth-order valence-electron chi connectivity index (χ4n) is 3.30. The Kier molecular flexibility index (Phi) is 7.24. The first-order chi connectivity index (χ1) is 16.0. The van der Waals surface area contributed by atoms with E-state index in [-0.39, 0.29) is 25.7 Å². The molecule has 33 heavy (non-hydrogen) atoms. The number of hydrogen-bond donors (Lipinski definition) is 3. The van der Waals surface area contributed by atoms with Gasteiger partial charge < -0.3 is 20.9 Å². The van der Waals surface area contributed by atoms with E-state index in [0.717, 1.165) is 32.5 Å². The van der Waals surface area contributed by atoms with Crippen LogP contribution in [0.3, 0.4) is 0 Å². The van der Waals surface area contributed by atoms with Crippen molar-refractivity contribution in [3.05, 3.63) is 87.4 Å². The number of rotatable bonds is 8. The van der Waals surface area contributed by atoms with Crippen LogP contribution in [0.15, 0.2) is 60.1 Å². The topological polar surface area (TPSA) is 97.5 Å². The number of halogens is 1. The highest BCUT2D eigenvalue weighted by Crippen LogP contribution is 2.33. The van der Waals surface area contributed by atoms with Crippen LogP contribution in [-0.2, 0) is 6.61 Å². The number of carbonyl (C=O) groups excluding carboxylic acids is 1. The summed E-state index contributed by atoms with van der Waals surface area (Å²) in [6.07, 6.45) is 5.48. The lowest BCUT2D eigenvalue weighted by Crippen LogP contribution is -2.26. The number of thiophene rings is 1. The van der Waals surface area contributed by atoms with E-state index in [0.29, 0.717) is 16.4 Å². The van der Waals surface area contributed by atoms with E-state index in [1.807, 2.05) is 66.1 Å². The number of pyridine rings is 1. The van der Waals surface area contributed by atoms with Gasteiger partial charge >= 0.3 is 0 Å². The molecular weight excluding hydrogens is 458 g/mol. The Balaban J connectivity index is 1.50. The Morgan fingerprint density at radius 3 is 2.76 bits per heavy atom. The zero-order valence-corrected chi connectivity index (χ0v) is 19.2. The molecule has 0 atom stereocenters. The van der Waals surface area contributed by atoms with Gasteiger partial charge in [-0.05, 0) is 40.8 Å². The van der Waals surface area contributed by atoms with Crippen LogP contribution in [-0.4, -0.2) is 29.1 Å². The number of anilines is 1. The summed E-state index contributed by atoms with van der Waals surface area (Å²) in [5.74, 6) is 0.773. The molecule has 4 N–H and O–H groups in total. The number of fused-ring (bicyclic) bond motifs is 1. The average molecular weight is 480 g/mol. The first kappa shape index (κ1) is 22.8. The average Bonchev–Trinajstić information content (AvgIpc) is 3.26. The number of nitrogens with two attached hydrogens (primary N) is 1. The van der Waals surface area contributed by atoms with E-state index in [1.165, 1.54) is 17.5 Å². The summed E-state index contributed by atoms with van der Waals surface area (Å²) in [5.41, 5.74) is 9.46. The first-order valence-corrected chi connectivity index (χ1v) is 11.5. The summed E-state index contributed by atoms with van der Waals surface area (Å²) in [6.45, 7) is 0.335. The lowest BCUT2D eigenvalue weighted by atomic mass is 10.1. The molecule has 168 valence electrons. The van der Waals surface area contributed by atoms with E-state index in [1.54, 1.807) is 0 Å². The van der Waals surface area contributed by atoms with E-state index < -0.39 is 0 Å². The number of benzene rings is 2. The summed E-state index contributed by atoms with van der Waals surface area (Å²) < 4.78 is 6.77. The van der Waals surface area contributed by atoms with Crippen molar-refractivity contribution in [1.29, 1.82) is 0 Å². The number of aromatic nitrogens is 1. The van der Waals surface area contributed by atoms with Gasteiger partial charge in [-0.15, -0.1) is 11.3 Å². The van der Waals surface area contributed by atoms with Crippen LogP contribution >= 0.6 is 22.9 Å². The predicted molar refractivity (Wildman–Crippen MR) is 135 cm³/mol. The number of amides is 1. The van der Waals surface area contributed by atoms with Crippen LogP contribution in [0.1, 0.15) is 27.0 Å². The second-order valence-corrected chi connectivity index (χ2v) is 8.56. The number of nitrogen functional groups attached to an aromatic ring is 1. The highest BCUT2D eigenvalue weighted by atomic mass is 35.5. The number of ether oxygens (including phenoxy) is 1. The van der Waals surface area contributed by atoms with Gasteiger partial charge in [-0.2, -0.15) is 0 Å². The maximum absolute atomic E-state index is 12.4. The van der Waals surface area contributed by atoms with Crippen LogP contribution in [0, 0.1) is 0 Å². The minimum absolute atomic E-state index is 0.130. The third-order valence-corrected chi connectivity index (χ3v) is 6.25. The minimum Gasteiger partial charge on any atom is -0.489 e. The van der Waals surface area contributed by atoms with Crippen molar-refractivity contribution in [2.75, 3.05) is 18.9 Å². The fraction of sp³-hybridized carbons (Fsp3) is 0.120. The maximum Gasteiger partial charge on any atom is 0.254 e. The van der Waals surface area contributed by atoms with Crippen molar-refractivity contribution in [3.8, 4) is 5.75 Å². The Bertz CT molecular complexity index is 1300. The molecule has 0 saturated carbocycles. The number of hydrogen-bond acceptors (Lipinski definition) is 6. The van der Waals surface area contributed by atoms with E-state index in [2.05, 4.69) is 10.3 Å². The summed E-state index contributed by atoms with van der Waals surface area (Å²) >= 11 is 7.35. The van der Waals surface area contributed by atoms with Crippen LogP contribution in [0.4, 0.5) is 5.82 Å². The predicted octanol–water partition coefficient (Wildman–Crippen LogP) is 5.00. The summed E-state index contributed by atoms with van der Waals surface area (Å²) in [7, 11) is 0. The molecule has 0 aliphatic rings. The summed E-state index contributed by atoms with van der Waals surface area (Å²) in [4.78, 5) is 16.6. The fourth-order valence-corrected chi connectivity index (χ4v) is 4.50. The van der Waals surface area contributed by atoms with Gasteiger partial charge in [0.05, 0.1) is 16.9 Å². The van der Waals surface area contributed by atoms with Gasteiger partial charge in [0.15, 0.2) is 0 Å². The molecule has 2 heterocycles. The maximum atomic E-state index is 12.4. The van der Waals surface area contributed by atoms with Crippen LogP contribution in [0.2, 0.25) is 5.02 Å². The van der Waals surface area contributed by atoms with Gasteiger partial charge in [-0.3, -0.25) is 4.79 Å². The largest absolute Gasteiger partial charge is 0.489 e. The van der Waals surface area contributed by atoms with Crippen molar-refractivity contribution in [2.24, 2.45) is 0 Å². The molecule has 0 aliphatic carbocycles. The van der Waals surface area contributed by atoms with E-state index in [4.69, 9.17) is 27.2 Å². The second-order valence-electron chi connectivity index (χ2n) is 7.25. The lowest BCUT2D eigenvalue weighted by Gasteiger charge is -2.09. The molecule has 0 saturated heterocycles. The molecule has 0 radical (unpaired) electrons. The Morgan fingerprint density at radius 1 is 1.18 bits per heavy atom. The van der Waals surface area contributed by atoms with Crippen LogP contribution in [0.25, 0.3) is 22.2 Å². The number of nitrogens with one attached hydrogen (secondary N) is 1. The Morgan fingerprint density at radius 2 is 1.97 bits per heavy atom. The number of carbonyl (C=O) groups is 1. The molecule has 2 aromatic heterocycles. The lowest BCUT2D eigenvalue weighted by molar-refractivity contribution is 0.0946. The molecule has 0 fully saturated rings. The summed E-state index contributed by atoms with van der Waals surface area (Å²) in [6, 6.07) is 15.4. The highest BCUT2D eigenvalue weighted by molar-refractivity contribution is 7.17. The zero-order valence-electron chi connectivity index (χ0n) is 17.6. The molecular formula is C25H22ClN3O3S. The molecule has 8 heteroatoms. The van der Waals surface area contributed by atoms with Gasteiger partial charge in [-0.25, -0.2) is 4.98 Å². The molecule has 0 aliphatic heterocycles. The normalized spacial score (nSPS) is 11.2. The molecule has 0 unspecified atom stereocenters. The Hall–Kier alpha value is -3.39. The number of nitrogens with zero attached hydrogens (tertiary/aromatic N) is 1. The van der Waals surface area contributed by atoms with Crippen molar-refractivity contribution < 1.29 is 14.6 Å². The third-order valence-electron chi connectivity index (χ3n) is 4.93. The number of aliphatic hydroxyl groups excluding tert-OH is 1. The third kappa shape index (κ3) is 5.51. The van der Waals surface area contributed by atoms with E-state index in [9.17, 15) is 4.79 Å². The van der Waals surface area contributed by atoms with Crippen LogP contribution in [0.5, 0.6) is 5.75 Å². The van der Waals surface area contributed by atoms with Gasteiger partial charge in [0.1, 0.15) is 18.2 Å². The smallest absolute Gasteiger partial charge is 0.254 e.